The van der Waals surface area contributed by atoms with Crippen molar-refractivity contribution in [2.45, 2.75) is 19.3 Å². The zero-order chi connectivity index (χ0) is 36.0. The van der Waals surface area contributed by atoms with Crippen molar-refractivity contribution >= 4 is 60.9 Å². The second-order valence-electron chi connectivity index (χ2n) is 14.8. The number of fused-ring (bicyclic) bond motifs is 8. The van der Waals surface area contributed by atoms with Gasteiger partial charge in [0.05, 0.1) is 5.69 Å². The number of anilines is 3. The van der Waals surface area contributed by atoms with Crippen molar-refractivity contribution in [3.63, 3.8) is 0 Å². The van der Waals surface area contributed by atoms with Crippen LogP contribution in [0.2, 0.25) is 0 Å². The van der Waals surface area contributed by atoms with Gasteiger partial charge in [-0.1, -0.05) is 117 Å². The highest BCUT2D eigenvalue weighted by Gasteiger charge is 2.37. The van der Waals surface area contributed by atoms with Gasteiger partial charge in [-0.05, 0) is 99.3 Å². The van der Waals surface area contributed by atoms with E-state index in [0.29, 0.717) is 5.89 Å². The molecule has 0 fully saturated rings. The molecule has 2 aromatic heterocycles. The summed E-state index contributed by atoms with van der Waals surface area (Å²) in [5, 5.41) is 4.49. The van der Waals surface area contributed by atoms with Crippen LogP contribution in [0.4, 0.5) is 17.1 Å². The summed E-state index contributed by atoms with van der Waals surface area (Å²) in [5.74, 6) is 0.600. The molecule has 0 aliphatic heterocycles. The largest absolute Gasteiger partial charge is 0.456 e. The van der Waals surface area contributed by atoms with Crippen molar-refractivity contribution in [3.8, 4) is 33.7 Å². The molecule has 1 aliphatic rings. The van der Waals surface area contributed by atoms with E-state index in [-0.39, 0.29) is 5.41 Å². The van der Waals surface area contributed by atoms with E-state index < -0.39 is 0 Å². The van der Waals surface area contributed by atoms with Crippen LogP contribution in [0.1, 0.15) is 25.0 Å². The fourth-order valence-corrected chi connectivity index (χ4v) is 8.55. The number of benzene rings is 8. The van der Waals surface area contributed by atoms with Crippen molar-refractivity contribution in [3.05, 3.63) is 181 Å². The zero-order valence-electron chi connectivity index (χ0n) is 29.9. The first-order valence-corrected chi connectivity index (χ1v) is 18.4. The summed E-state index contributed by atoms with van der Waals surface area (Å²) in [6, 6.07) is 60.4. The van der Waals surface area contributed by atoms with E-state index in [1.54, 1.807) is 0 Å². The molecule has 11 rings (SSSR count). The molecule has 0 saturated heterocycles. The summed E-state index contributed by atoms with van der Waals surface area (Å²) in [7, 11) is 0. The van der Waals surface area contributed by atoms with Crippen LogP contribution in [0, 0.1) is 0 Å². The molecule has 2 heterocycles. The Balaban J connectivity index is 1.09. The highest BCUT2D eigenvalue weighted by atomic mass is 16.4. The first-order valence-electron chi connectivity index (χ1n) is 18.4. The second kappa shape index (κ2) is 11.5. The molecule has 1 aliphatic carbocycles. The van der Waals surface area contributed by atoms with Crippen molar-refractivity contribution in [1.82, 2.24) is 4.98 Å². The zero-order valence-corrected chi connectivity index (χ0v) is 29.9. The van der Waals surface area contributed by atoms with Gasteiger partial charge < -0.3 is 13.7 Å². The Hall–Kier alpha value is -6.91. The van der Waals surface area contributed by atoms with E-state index in [1.807, 2.05) is 36.4 Å². The van der Waals surface area contributed by atoms with Gasteiger partial charge in [0.2, 0.25) is 5.89 Å². The van der Waals surface area contributed by atoms with Crippen molar-refractivity contribution in [1.29, 1.82) is 0 Å². The van der Waals surface area contributed by atoms with Crippen molar-refractivity contribution in [2.75, 3.05) is 4.90 Å². The number of hydrogen-bond donors (Lipinski definition) is 0. The first kappa shape index (κ1) is 30.7. The Morgan fingerprint density at radius 3 is 2.07 bits per heavy atom. The maximum absolute atomic E-state index is 6.46. The Bertz CT molecular complexity index is 3080. The lowest BCUT2D eigenvalue weighted by atomic mass is 9.82. The normalized spacial score (nSPS) is 13.1. The minimum absolute atomic E-state index is 0.126. The summed E-state index contributed by atoms with van der Waals surface area (Å²) < 4.78 is 12.8. The van der Waals surface area contributed by atoms with E-state index in [0.717, 1.165) is 55.7 Å². The molecule has 0 N–H and O–H groups in total. The molecule has 8 aromatic carbocycles. The SMILES string of the molecule is CC1(C)c2ccccc2-c2c(N(c3ccc(-c4ccc5ccccc5c4)cc3)c3ccc4oc5cc6nc(-c7ccccc7)oc6cc5c4c3)cccc21. The Labute approximate surface area is 312 Å². The van der Waals surface area contributed by atoms with Gasteiger partial charge in [0.1, 0.15) is 16.7 Å². The third-order valence-corrected chi connectivity index (χ3v) is 11.3. The Kier molecular flexibility index (Phi) is 6.56. The highest BCUT2D eigenvalue weighted by molar-refractivity contribution is 6.10. The minimum atomic E-state index is -0.126. The quantitative estimate of drug-likeness (QED) is 0.180. The van der Waals surface area contributed by atoms with E-state index in [4.69, 9.17) is 13.8 Å². The van der Waals surface area contributed by atoms with Gasteiger partial charge in [0.15, 0.2) is 5.58 Å². The van der Waals surface area contributed by atoms with E-state index in [1.165, 1.54) is 44.2 Å². The molecule has 4 heteroatoms. The van der Waals surface area contributed by atoms with Crippen LogP contribution < -0.4 is 4.90 Å². The summed E-state index contributed by atoms with van der Waals surface area (Å²) in [4.78, 5) is 7.20. The summed E-state index contributed by atoms with van der Waals surface area (Å²) in [6.45, 7) is 4.67. The molecule has 0 saturated carbocycles. The maximum atomic E-state index is 6.46. The molecule has 0 spiro atoms. The minimum Gasteiger partial charge on any atom is -0.456 e. The van der Waals surface area contributed by atoms with Gasteiger partial charge in [-0.15, -0.1) is 0 Å². The fourth-order valence-electron chi connectivity index (χ4n) is 8.55. The molecule has 10 aromatic rings. The molecule has 0 bridgehead atoms. The topological polar surface area (TPSA) is 42.4 Å². The lowest BCUT2D eigenvalue weighted by molar-refractivity contribution is 0.620. The van der Waals surface area contributed by atoms with Gasteiger partial charge in [-0.3, -0.25) is 0 Å². The number of furan rings is 1. The van der Waals surface area contributed by atoms with Crippen molar-refractivity contribution < 1.29 is 8.83 Å². The number of rotatable bonds is 5. The number of nitrogens with zero attached hydrogens (tertiary/aromatic N) is 2. The lowest BCUT2D eigenvalue weighted by Crippen LogP contribution is -2.16. The number of oxazole rings is 1. The predicted octanol–water partition coefficient (Wildman–Crippen LogP) is 14.0. The van der Waals surface area contributed by atoms with Crippen molar-refractivity contribution in [2.24, 2.45) is 0 Å². The Morgan fingerprint density at radius 2 is 1.20 bits per heavy atom. The maximum Gasteiger partial charge on any atom is 0.227 e. The average molecular weight is 695 g/mol. The lowest BCUT2D eigenvalue weighted by Gasteiger charge is -2.29. The fraction of sp³-hybridized carbons (Fsp3) is 0.0600. The molecule has 54 heavy (non-hydrogen) atoms. The predicted molar refractivity (Wildman–Crippen MR) is 222 cm³/mol. The number of hydrogen-bond acceptors (Lipinski definition) is 4. The van der Waals surface area contributed by atoms with Crippen LogP contribution >= 0.6 is 0 Å². The second-order valence-corrected chi connectivity index (χ2v) is 14.8. The van der Waals surface area contributed by atoms with E-state index >= 15 is 0 Å². The Morgan fingerprint density at radius 1 is 0.481 bits per heavy atom. The van der Waals surface area contributed by atoms with Crippen LogP contribution in [0.5, 0.6) is 0 Å². The van der Waals surface area contributed by atoms with Crippen LogP contribution in [0.15, 0.2) is 179 Å². The molecular formula is C50H34N2O2. The van der Waals surface area contributed by atoms with Crippen LogP contribution in [0.3, 0.4) is 0 Å². The van der Waals surface area contributed by atoms with E-state index in [9.17, 15) is 0 Å². The number of aromatic nitrogens is 1. The molecule has 4 nitrogen and oxygen atoms in total. The highest BCUT2D eigenvalue weighted by Crippen LogP contribution is 2.54. The van der Waals surface area contributed by atoms with E-state index in [2.05, 4.69) is 152 Å². The van der Waals surface area contributed by atoms with Gasteiger partial charge >= 0.3 is 0 Å². The average Bonchev–Trinajstić information content (AvgIpc) is 3.87. The summed E-state index contributed by atoms with van der Waals surface area (Å²) in [6.07, 6.45) is 0. The van der Waals surface area contributed by atoms with Crippen LogP contribution in [-0.4, -0.2) is 4.98 Å². The monoisotopic (exact) mass is 694 g/mol. The molecule has 0 atom stereocenters. The standard InChI is InChI=1S/C50H34N2O2/c1-50(2)41-16-9-8-15-38(41)48-42(50)17-10-18-44(48)52(36-23-21-32(22-24-36)35-20-19-31-11-6-7-14-34(31)27-35)37-25-26-45-39(28-37)40-29-47-43(30-46(40)53-45)51-49(54-47)33-12-4-3-5-13-33/h3-30H,1-2H3. The summed E-state index contributed by atoms with van der Waals surface area (Å²) >= 11 is 0. The smallest absolute Gasteiger partial charge is 0.227 e. The third-order valence-electron chi connectivity index (χ3n) is 11.3. The van der Waals surface area contributed by atoms with Crippen LogP contribution in [0.25, 0.3) is 77.5 Å². The molecular weight excluding hydrogens is 661 g/mol. The van der Waals surface area contributed by atoms with Crippen LogP contribution in [-0.2, 0) is 5.41 Å². The summed E-state index contributed by atoms with van der Waals surface area (Å²) in [5.41, 5.74) is 14.8. The van der Waals surface area contributed by atoms with Gasteiger partial charge in [0, 0.05) is 44.8 Å². The molecule has 256 valence electrons. The van der Waals surface area contributed by atoms with Gasteiger partial charge in [0.25, 0.3) is 0 Å². The molecule has 0 unspecified atom stereocenters. The molecule has 0 amide bonds. The molecule has 0 radical (unpaired) electrons. The third kappa shape index (κ3) is 4.66. The first-order chi connectivity index (χ1) is 26.5. The van der Waals surface area contributed by atoms with Gasteiger partial charge in [-0.2, -0.15) is 0 Å². The van der Waals surface area contributed by atoms with Gasteiger partial charge in [-0.25, -0.2) is 4.98 Å².